The summed E-state index contributed by atoms with van der Waals surface area (Å²) < 4.78 is 0. The summed E-state index contributed by atoms with van der Waals surface area (Å²) in [6.45, 7) is 6.68. The molecule has 0 N–H and O–H groups in total. The Morgan fingerprint density at radius 1 is 1.57 bits per heavy atom. The van der Waals surface area contributed by atoms with E-state index >= 15 is 0 Å². The van der Waals surface area contributed by atoms with E-state index in [2.05, 4.69) is 29.8 Å². The van der Waals surface area contributed by atoms with Crippen LogP contribution < -0.4 is 0 Å². The van der Waals surface area contributed by atoms with Gasteiger partial charge < -0.3 is 4.90 Å². The lowest BCUT2D eigenvalue weighted by atomic mass is 10.2. The van der Waals surface area contributed by atoms with Crippen molar-refractivity contribution in [1.29, 1.82) is 5.26 Å². The van der Waals surface area contributed by atoms with E-state index < -0.39 is 0 Å². The van der Waals surface area contributed by atoms with Crippen LogP contribution >= 0.6 is 0 Å². The molecule has 1 heterocycles. The van der Waals surface area contributed by atoms with Crippen LogP contribution in [-0.4, -0.2) is 49.1 Å². The van der Waals surface area contributed by atoms with E-state index in [0.29, 0.717) is 6.42 Å². The van der Waals surface area contributed by atoms with Gasteiger partial charge in [0.25, 0.3) is 0 Å². The highest BCUT2D eigenvalue weighted by Gasteiger charge is 2.23. The van der Waals surface area contributed by atoms with Gasteiger partial charge in [-0.15, -0.1) is 0 Å². The summed E-state index contributed by atoms with van der Waals surface area (Å²) in [6.07, 6.45) is 3.31. The van der Waals surface area contributed by atoms with Crippen LogP contribution in [0.4, 0.5) is 0 Å². The maximum atomic E-state index is 8.49. The largest absolute Gasteiger partial charge is 0.304 e. The van der Waals surface area contributed by atoms with Crippen molar-refractivity contribution in [2.75, 3.05) is 33.2 Å². The summed E-state index contributed by atoms with van der Waals surface area (Å²) in [6, 6.07) is 2.92. The van der Waals surface area contributed by atoms with Crippen LogP contribution in [0, 0.1) is 11.3 Å². The molecule has 0 spiro atoms. The molecule has 1 unspecified atom stereocenters. The van der Waals surface area contributed by atoms with E-state index in [0.717, 1.165) is 25.7 Å². The van der Waals surface area contributed by atoms with Crippen LogP contribution in [0.2, 0.25) is 0 Å². The normalized spacial score (nSPS) is 22.9. The first-order valence-corrected chi connectivity index (χ1v) is 5.57. The Labute approximate surface area is 87.3 Å². The first kappa shape index (κ1) is 11.5. The van der Waals surface area contributed by atoms with Crippen molar-refractivity contribution >= 4 is 0 Å². The molecule has 80 valence electrons. The molecule has 1 saturated heterocycles. The molecule has 1 aliphatic rings. The summed E-state index contributed by atoms with van der Waals surface area (Å²) in [4.78, 5) is 4.82. The Kier molecular flexibility index (Phi) is 4.92. The zero-order valence-electron chi connectivity index (χ0n) is 9.37. The average Bonchev–Trinajstić information content (AvgIpc) is 2.62. The molecule has 0 amide bonds. The van der Waals surface area contributed by atoms with Crippen molar-refractivity contribution in [1.82, 2.24) is 9.80 Å². The second kappa shape index (κ2) is 6.00. The number of hydrogen-bond acceptors (Lipinski definition) is 3. The molecule has 0 radical (unpaired) electrons. The molecule has 1 rings (SSSR count). The highest BCUT2D eigenvalue weighted by atomic mass is 15.2. The van der Waals surface area contributed by atoms with Crippen LogP contribution in [0.1, 0.15) is 26.2 Å². The molecule has 1 aliphatic heterocycles. The highest BCUT2D eigenvalue weighted by Crippen LogP contribution is 2.17. The number of hydrogen-bond donors (Lipinski definition) is 0. The third-order valence-electron chi connectivity index (χ3n) is 3.03. The van der Waals surface area contributed by atoms with E-state index in [-0.39, 0.29) is 0 Å². The van der Waals surface area contributed by atoms with Crippen molar-refractivity contribution in [3.63, 3.8) is 0 Å². The first-order valence-electron chi connectivity index (χ1n) is 5.57. The maximum Gasteiger partial charge on any atom is 0.0635 e. The van der Waals surface area contributed by atoms with Crippen molar-refractivity contribution in [3.05, 3.63) is 0 Å². The average molecular weight is 195 g/mol. The lowest BCUT2D eigenvalue weighted by Crippen LogP contribution is -2.38. The van der Waals surface area contributed by atoms with Gasteiger partial charge in [0.15, 0.2) is 0 Å². The van der Waals surface area contributed by atoms with Gasteiger partial charge in [-0.2, -0.15) is 5.26 Å². The SMILES string of the molecule is CCN1CCCC1CN(C)CCC#N. The zero-order valence-corrected chi connectivity index (χ0v) is 9.37. The Morgan fingerprint density at radius 2 is 2.36 bits per heavy atom. The van der Waals surface area contributed by atoms with Gasteiger partial charge >= 0.3 is 0 Å². The fraction of sp³-hybridized carbons (Fsp3) is 0.909. The van der Waals surface area contributed by atoms with Gasteiger partial charge in [-0.1, -0.05) is 6.92 Å². The van der Waals surface area contributed by atoms with Gasteiger partial charge in [0.2, 0.25) is 0 Å². The van der Waals surface area contributed by atoms with Gasteiger partial charge in [-0.3, -0.25) is 4.90 Å². The van der Waals surface area contributed by atoms with Crippen LogP contribution in [0.3, 0.4) is 0 Å². The number of likely N-dealkylation sites (N-methyl/N-ethyl adjacent to an activating group) is 2. The van der Waals surface area contributed by atoms with Gasteiger partial charge in [0, 0.05) is 25.6 Å². The van der Waals surface area contributed by atoms with Gasteiger partial charge in [-0.05, 0) is 33.0 Å². The molecule has 3 heteroatoms. The summed E-state index contributed by atoms with van der Waals surface area (Å²) in [5, 5.41) is 8.49. The molecule has 3 nitrogen and oxygen atoms in total. The quantitative estimate of drug-likeness (QED) is 0.662. The smallest absolute Gasteiger partial charge is 0.0635 e. The monoisotopic (exact) mass is 195 g/mol. The highest BCUT2D eigenvalue weighted by molar-refractivity contribution is 4.81. The van der Waals surface area contributed by atoms with E-state index in [1.165, 1.54) is 19.4 Å². The Balaban J connectivity index is 2.25. The topological polar surface area (TPSA) is 30.3 Å². The lowest BCUT2D eigenvalue weighted by Gasteiger charge is -2.27. The van der Waals surface area contributed by atoms with Crippen molar-refractivity contribution in [2.45, 2.75) is 32.2 Å². The van der Waals surface area contributed by atoms with Crippen molar-refractivity contribution in [3.8, 4) is 6.07 Å². The molecule has 1 atom stereocenters. The predicted octanol–water partition coefficient (Wildman–Crippen LogP) is 1.32. The third-order valence-corrected chi connectivity index (χ3v) is 3.03. The van der Waals surface area contributed by atoms with Gasteiger partial charge in [0.1, 0.15) is 0 Å². The molecular formula is C11H21N3. The maximum absolute atomic E-state index is 8.49. The van der Waals surface area contributed by atoms with E-state index in [4.69, 9.17) is 5.26 Å². The first-order chi connectivity index (χ1) is 6.77. The fourth-order valence-corrected chi connectivity index (χ4v) is 2.21. The van der Waals surface area contributed by atoms with Crippen LogP contribution in [0.15, 0.2) is 0 Å². The standard InChI is InChI=1S/C11H21N3/c1-3-14-9-4-6-11(14)10-13(2)8-5-7-12/h11H,3-6,8-10H2,1-2H3. The minimum atomic E-state index is 0.648. The van der Waals surface area contributed by atoms with E-state index in [1.54, 1.807) is 0 Å². The molecule has 0 saturated carbocycles. The molecule has 1 fully saturated rings. The lowest BCUT2D eigenvalue weighted by molar-refractivity contribution is 0.200. The minimum absolute atomic E-state index is 0.648. The van der Waals surface area contributed by atoms with Crippen molar-refractivity contribution < 1.29 is 0 Å². The fourth-order valence-electron chi connectivity index (χ4n) is 2.21. The summed E-state index contributed by atoms with van der Waals surface area (Å²) in [5.74, 6) is 0. The molecule has 14 heavy (non-hydrogen) atoms. The molecule has 0 aromatic heterocycles. The van der Waals surface area contributed by atoms with E-state index in [1.807, 2.05) is 0 Å². The second-order valence-electron chi connectivity index (χ2n) is 4.09. The number of nitriles is 1. The van der Waals surface area contributed by atoms with Crippen LogP contribution in [0.25, 0.3) is 0 Å². The Hall–Kier alpha value is -0.590. The number of likely N-dealkylation sites (tertiary alicyclic amines) is 1. The Bertz CT molecular complexity index is 197. The molecule has 0 aliphatic carbocycles. The summed E-state index contributed by atoms with van der Waals surface area (Å²) >= 11 is 0. The number of rotatable bonds is 5. The molecule has 0 aromatic carbocycles. The predicted molar refractivity (Wildman–Crippen MR) is 58.0 cm³/mol. The third kappa shape index (κ3) is 3.28. The summed E-state index contributed by atoms with van der Waals surface area (Å²) in [5.41, 5.74) is 0. The van der Waals surface area contributed by atoms with Crippen LogP contribution in [-0.2, 0) is 0 Å². The molecular weight excluding hydrogens is 174 g/mol. The minimum Gasteiger partial charge on any atom is -0.304 e. The molecule has 0 bridgehead atoms. The summed E-state index contributed by atoms with van der Waals surface area (Å²) in [7, 11) is 2.11. The van der Waals surface area contributed by atoms with Gasteiger partial charge in [-0.25, -0.2) is 0 Å². The molecule has 0 aromatic rings. The zero-order chi connectivity index (χ0) is 10.4. The van der Waals surface area contributed by atoms with Crippen molar-refractivity contribution in [2.24, 2.45) is 0 Å². The van der Waals surface area contributed by atoms with Crippen LogP contribution in [0.5, 0.6) is 0 Å². The van der Waals surface area contributed by atoms with Gasteiger partial charge in [0.05, 0.1) is 6.07 Å². The Morgan fingerprint density at radius 3 is 3.00 bits per heavy atom. The van der Waals surface area contributed by atoms with E-state index in [9.17, 15) is 0 Å². The second-order valence-corrected chi connectivity index (χ2v) is 4.09. The number of nitrogens with zero attached hydrogens (tertiary/aromatic N) is 3.